The zero-order valence-electron chi connectivity index (χ0n) is 16.2. The first-order valence-electron chi connectivity index (χ1n) is 9.95. The number of nitrogens with one attached hydrogen (secondary N) is 2. The molecule has 0 aromatic heterocycles. The molecule has 146 valence electrons. The maximum absolute atomic E-state index is 12.2. The van der Waals surface area contributed by atoms with E-state index in [4.69, 9.17) is 0 Å². The standard InChI is InChI=1S/C21H30N4O2/c1-17-6-8-18(9-7-17)19-10-11-21(27)25(23-19)16-20(26)22-12-5-15-24-13-3-2-4-14-24/h6-10,23H,2-5,11-16H2,1H3,(H,22,26). The Morgan fingerprint density at radius 1 is 1.15 bits per heavy atom. The number of hydrogen-bond acceptors (Lipinski definition) is 4. The van der Waals surface area contributed by atoms with Crippen LogP contribution in [-0.4, -0.2) is 54.4 Å². The number of nitrogens with zero attached hydrogens (tertiary/aromatic N) is 2. The molecule has 0 bridgehead atoms. The van der Waals surface area contributed by atoms with Gasteiger partial charge in [-0.05, 0) is 57.5 Å². The third kappa shape index (κ3) is 5.82. The number of hydrogen-bond donors (Lipinski definition) is 2. The van der Waals surface area contributed by atoms with E-state index in [2.05, 4.69) is 15.6 Å². The summed E-state index contributed by atoms with van der Waals surface area (Å²) in [7, 11) is 0. The van der Waals surface area contributed by atoms with Crippen molar-refractivity contribution >= 4 is 17.5 Å². The highest BCUT2D eigenvalue weighted by Crippen LogP contribution is 2.17. The van der Waals surface area contributed by atoms with E-state index in [0.717, 1.165) is 24.2 Å². The van der Waals surface area contributed by atoms with Gasteiger partial charge in [-0.2, -0.15) is 0 Å². The maximum atomic E-state index is 12.2. The van der Waals surface area contributed by atoms with Gasteiger partial charge in [-0.15, -0.1) is 0 Å². The normalized spacial score (nSPS) is 18.0. The average Bonchev–Trinajstić information content (AvgIpc) is 2.68. The monoisotopic (exact) mass is 370 g/mol. The molecule has 6 heteroatoms. The molecule has 0 spiro atoms. The maximum Gasteiger partial charge on any atom is 0.245 e. The number of hydrazine groups is 1. The Balaban J connectivity index is 1.42. The van der Waals surface area contributed by atoms with E-state index in [1.54, 1.807) is 0 Å². The molecule has 0 unspecified atom stereocenters. The van der Waals surface area contributed by atoms with E-state index in [0.29, 0.717) is 13.0 Å². The van der Waals surface area contributed by atoms with E-state index in [-0.39, 0.29) is 18.4 Å². The predicted molar refractivity (Wildman–Crippen MR) is 107 cm³/mol. The number of benzene rings is 1. The fraction of sp³-hybridized carbons (Fsp3) is 0.524. The van der Waals surface area contributed by atoms with Crippen LogP contribution in [-0.2, 0) is 9.59 Å². The molecule has 2 N–H and O–H groups in total. The number of aryl methyl sites for hydroxylation is 1. The van der Waals surface area contributed by atoms with Crippen molar-refractivity contribution in [3.63, 3.8) is 0 Å². The van der Waals surface area contributed by atoms with Crippen LogP contribution in [0.2, 0.25) is 0 Å². The highest BCUT2D eigenvalue weighted by Gasteiger charge is 2.22. The summed E-state index contributed by atoms with van der Waals surface area (Å²) in [4.78, 5) is 26.8. The lowest BCUT2D eigenvalue weighted by Gasteiger charge is -2.29. The lowest BCUT2D eigenvalue weighted by atomic mass is 10.1. The molecule has 0 radical (unpaired) electrons. The van der Waals surface area contributed by atoms with Gasteiger partial charge >= 0.3 is 0 Å². The van der Waals surface area contributed by atoms with Crippen molar-refractivity contribution < 1.29 is 9.59 Å². The second-order valence-electron chi connectivity index (χ2n) is 7.39. The molecule has 6 nitrogen and oxygen atoms in total. The molecule has 27 heavy (non-hydrogen) atoms. The lowest BCUT2D eigenvalue weighted by Crippen LogP contribution is -2.49. The molecule has 2 aliphatic rings. The van der Waals surface area contributed by atoms with Crippen molar-refractivity contribution in [2.75, 3.05) is 32.7 Å². The first-order chi connectivity index (χ1) is 13.1. The summed E-state index contributed by atoms with van der Waals surface area (Å²) >= 11 is 0. The van der Waals surface area contributed by atoms with Crippen molar-refractivity contribution in [1.29, 1.82) is 0 Å². The second-order valence-corrected chi connectivity index (χ2v) is 7.39. The molecular weight excluding hydrogens is 340 g/mol. The number of rotatable bonds is 7. The molecule has 2 aliphatic heterocycles. The summed E-state index contributed by atoms with van der Waals surface area (Å²) in [6.45, 7) is 6.10. The first kappa shape index (κ1) is 19.4. The van der Waals surface area contributed by atoms with Gasteiger partial charge in [-0.1, -0.05) is 36.2 Å². The smallest absolute Gasteiger partial charge is 0.245 e. The summed E-state index contributed by atoms with van der Waals surface area (Å²) in [5.74, 6) is -0.214. The third-order valence-corrected chi connectivity index (χ3v) is 5.12. The number of amides is 2. The number of carbonyl (C=O) groups excluding carboxylic acids is 2. The van der Waals surface area contributed by atoms with Crippen LogP contribution >= 0.6 is 0 Å². The molecule has 3 rings (SSSR count). The quantitative estimate of drug-likeness (QED) is 0.721. The van der Waals surface area contributed by atoms with Crippen LogP contribution in [0.4, 0.5) is 0 Å². The summed E-state index contributed by atoms with van der Waals surface area (Å²) in [6, 6.07) is 8.10. The molecule has 2 heterocycles. The Kier molecular flexibility index (Phi) is 6.87. The Hall–Kier alpha value is -2.34. The highest BCUT2D eigenvalue weighted by atomic mass is 16.2. The van der Waals surface area contributed by atoms with Crippen LogP contribution in [0.15, 0.2) is 30.3 Å². The minimum atomic E-state index is -0.125. The highest BCUT2D eigenvalue weighted by molar-refractivity contribution is 5.88. The van der Waals surface area contributed by atoms with Crippen LogP contribution in [0.5, 0.6) is 0 Å². The Morgan fingerprint density at radius 3 is 2.63 bits per heavy atom. The Labute approximate surface area is 161 Å². The molecule has 0 atom stereocenters. The first-order valence-corrected chi connectivity index (χ1v) is 9.95. The summed E-state index contributed by atoms with van der Waals surface area (Å²) in [5, 5.41) is 4.35. The van der Waals surface area contributed by atoms with E-state index in [1.807, 2.05) is 37.3 Å². The van der Waals surface area contributed by atoms with Crippen LogP contribution in [0.3, 0.4) is 0 Å². The largest absolute Gasteiger partial charge is 0.354 e. The topological polar surface area (TPSA) is 64.7 Å². The molecule has 1 aromatic rings. The van der Waals surface area contributed by atoms with Gasteiger partial charge in [0.05, 0.1) is 5.70 Å². The van der Waals surface area contributed by atoms with E-state index in [9.17, 15) is 9.59 Å². The van der Waals surface area contributed by atoms with Gasteiger partial charge in [0.1, 0.15) is 6.54 Å². The van der Waals surface area contributed by atoms with Gasteiger partial charge < -0.3 is 10.2 Å². The minimum Gasteiger partial charge on any atom is -0.354 e. The lowest BCUT2D eigenvalue weighted by molar-refractivity contribution is -0.137. The second kappa shape index (κ2) is 9.55. The van der Waals surface area contributed by atoms with E-state index in [1.165, 1.54) is 42.9 Å². The van der Waals surface area contributed by atoms with Crippen molar-refractivity contribution in [3.8, 4) is 0 Å². The third-order valence-electron chi connectivity index (χ3n) is 5.12. The van der Waals surface area contributed by atoms with Gasteiger partial charge in [0, 0.05) is 13.0 Å². The Morgan fingerprint density at radius 2 is 1.89 bits per heavy atom. The van der Waals surface area contributed by atoms with Gasteiger partial charge in [0.2, 0.25) is 11.8 Å². The van der Waals surface area contributed by atoms with Crippen molar-refractivity contribution in [1.82, 2.24) is 20.7 Å². The summed E-state index contributed by atoms with van der Waals surface area (Å²) in [5.41, 5.74) is 6.16. The fourth-order valence-corrected chi connectivity index (χ4v) is 3.51. The number of carbonyl (C=O) groups is 2. The molecule has 2 amide bonds. The molecule has 0 saturated carbocycles. The van der Waals surface area contributed by atoms with E-state index >= 15 is 0 Å². The predicted octanol–water partition coefficient (Wildman–Crippen LogP) is 2.07. The molecule has 0 aliphatic carbocycles. The van der Waals surface area contributed by atoms with Gasteiger partial charge in [-0.3, -0.25) is 15.0 Å². The average molecular weight is 370 g/mol. The molecule has 1 fully saturated rings. The Bertz CT molecular complexity index is 678. The van der Waals surface area contributed by atoms with Crippen LogP contribution in [0, 0.1) is 6.92 Å². The molecule has 1 saturated heterocycles. The van der Waals surface area contributed by atoms with Gasteiger partial charge in [0.25, 0.3) is 0 Å². The fourth-order valence-electron chi connectivity index (χ4n) is 3.51. The van der Waals surface area contributed by atoms with Crippen LogP contribution in [0.25, 0.3) is 5.70 Å². The van der Waals surface area contributed by atoms with Gasteiger partial charge in [0.15, 0.2) is 0 Å². The van der Waals surface area contributed by atoms with Crippen molar-refractivity contribution in [2.24, 2.45) is 0 Å². The van der Waals surface area contributed by atoms with Crippen molar-refractivity contribution in [2.45, 2.75) is 39.0 Å². The van der Waals surface area contributed by atoms with Crippen LogP contribution in [0.1, 0.15) is 43.2 Å². The van der Waals surface area contributed by atoms with Gasteiger partial charge in [-0.25, -0.2) is 5.01 Å². The van der Waals surface area contributed by atoms with E-state index < -0.39 is 0 Å². The van der Waals surface area contributed by atoms with Crippen LogP contribution < -0.4 is 10.7 Å². The summed E-state index contributed by atoms with van der Waals surface area (Å²) in [6.07, 6.45) is 7.03. The molecular formula is C21H30N4O2. The number of likely N-dealkylation sites (tertiary alicyclic amines) is 1. The zero-order chi connectivity index (χ0) is 19.1. The SMILES string of the molecule is Cc1ccc(C2=CCC(=O)N(CC(=O)NCCCN3CCCCC3)N2)cc1. The number of piperidine rings is 1. The zero-order valence-corrected chi connectivity index (χ0v) is 16.2. The van der Waals surface area contributed by atoms with Crippen molar-refractivity contribution in [3.05, 3.63) is 41.5 Å². The molecule has 1 aromatic carbocycles. The minimum absolute atomic E-state index is 0.0335. The summed E-state index contributed by atoms with van der Waals surface area (Å²) < 4.78 is 0.